The quantitative estimate of drug-likeness (QED) is 0.364. The van der Waals surface area contributed by atoms with Gasteiger partial charge in [-0.25, -0.2) is 9.59 Å². The zero-order valence-corrected chi connectivity index (χ0v) is 18.7. The second-order valence-corrected chi connectivity index (χ2v) is 13.9. The monoisotopic (exact) mass is 427 g/mol. The van der Waals surface area contributed by atoms with Crippen molar-refractivity contribution in [3.8, 4) is 0 Å². The van der Waals surface area contributed by atoms with Crippen molar-refractivity contribution in [2.24, 2.45) is 0 Å². The summed E-state index contributed by atoms with van der Waals surface area (Å²) in [6.07, 6.45) is -0.479. The van der Waals surface area contributed by atoms with Crippen molar-refractivity contribution in [1.82, 2.24) is 5.32 Å². The number of rotatable bonds is 9. The third-order valence-electron chi connectivity index (χ3n) is 4.37. The minimum atomic E-state index is -1.31. The standard InChI is InChI=1S/C23H29NO5Si/c1-30(2,3)15-14-28-21(25)17-20(16-18-10-6-4-7-11-18)24-23(27)29-22(26)19-12-8-5-9-13-19/h4-13,20H,14-17H2,1-3H3,(H,24,27)/t20-/m0/s1. The fourth-order valence-electron chi connectivity index (χ4n) is 2.72. The van der Waals surface area contributed by atoms with Crippen molar-refractivity contribution in [2.75, 3.05) is 6.61 Å². The lowest BCUT2D eigenvalue weighted by Crippen LogP contribution is -2.39. The molecule has 1 N–H and O–H groups in total. The molecule has 0 saturated heterocycles. The summed E-state index contributed by atoms with van der Waals surface area (Å²) in [5, 5.41) is 2.63. The number of amides is 1. The van der Waals surface area contributed by atoms with Crippen molar-refractivity contribution in [3.63, 3.8) is 0 Å². The zero-order valence-electron chi connectivity index (χ0n) is 17.7. The van der Waals surface area contributed by atoms with E-state index in [-0.39, 0.29) is 18.0 Å². The molecular weight excluding hydrogens is 398 g/mol. The van der Waals surface area contributed by atoms with Crippen LogP contribution in [0.2, 0.25) is 25.7 Å². The maximum Gasteiger partial charge on any atom is 0.415 e. The van der Waals surface area contributed by atoms with Crippen LogP contribution in [0.5, 0.6) is 0 Å². The molecule has 2 aromatic carbocycles. The molecule has 1 amide bonds. The molecule has 7 heteroatoms. The molecule has 160 valence electrons. The number of benzene rings is 2. The van der Waals surface area contributed by atoms with E-state index < -0.39 is 26.2 Å². The molecule has 30 heavy (non-hydrogen) atoms. The predicted molar refractivity (Wildman–Crippen MR) is 118 cm³/mol. The van der Waals surface area contributed by atoms with E-state index in [4.69, 9.17) is 9.47 Å². The van der Waals surface area contributed by atoms with Gasteiger partial charge in [0.15, 0.2) is 0 Å². The minimum Gasteiger partial charge on any atom is -0.466 e. The molecule has 2 rings (SSSR count). The Bertz CT molecular complexity index is 834. The van der Waals surface area contributed by atoms with Gasteiger partial charge in [-0.3, -0.25) is 4.79 Å². The van der Waals surface area contributed by atoms with Gasteiger partial charge in [0.2, 0.25) is 0 Å². The Morgan fingerprint density at radius 3 is 2.13 bits per heavy atom. The van der Waals surface area contributed by atoms with Gasteiger partial charge in [0.1, 0.15) is 0 Å². The number of alkyl carbamates (subject to hydrolysis) is 1. The Kier molecular flexibility index (Phi) is 8.80. The zero-order chi connectivity index (χ0) is 22.0. The normalized spacial score (nSPS) is 12.0. The molecule has 0 aliphatic rings. The van der Waals surface area contributed by atoms with Crippen molar-refractivity contribution >= 4 is 26.1 Å². The van der Waals surface area contributed by atoms with Crippen molar-refractivity contribution in [2.45, 2.75) is 44.6 Å². The van der Waals surface area contributed by atoms with Gasteiger partial charge in [-0.15, -0.1) is 0 Å². The number of nitrogens with one attached hydrogen (secondary N) is 1. The highest BCUT2D eigenvalue weighted by molar-refractivity contribution is 6.76. The number of carbonyl (C=O) groups is 3. The van der Waals surface area contributed by atoms with E-state index in [1.54, 1.807) is 30.3 Å². The highest BCUT2D eigenvalue weighted by atomic mass is 28.3. The SMILES string of the molecule is C[Si](C)(C)CCOC(=O)C[C@H](Cc1ccccc1)NC(=O)OC(=O)c1ccccc1. The Morgan fingerprint density at radius 2 is 1.53 bits per heavy atom. The highest BCUT2D eigenvalue weighted by Gasteiger charge is 2.22. The summed E-state index contributed by atoms with van der Waals surface area (Å²) in [5.74, 6) is -1.13. The van der Waals surface area contributed by atoms with Crippen LogP contribution in [0, 0.1) is 0 Å². The van der Waals surface area contributed by atoms with Crippen molar-refractivity contribution in [1.29, 1.82) is 0 Å². The summed E-state index contributed by atoms with van der Waals surface area (Å²) < 4.78 is 10.2. The summed E-state index contributed by atoms with van der Waals surface area (Å²) in [6, 6.07) is 18.1. The van der Waals surface area contributed by atoms with E-state index >= 15 is 0 Å². The van der Waals surface area contributed by atoms with Crippen molar-refractivity contribution in [3.05, 3.63) is 71.8 Å². The number of hydrogen-bond donors (Lipinski definition) is 1. The molecule has 0 fully saturated rings. The fourth-order valence-corrected chi connectivity index (χ4v) is 3.43. The van der Waals surface area contributed by atoms with Gasteiger partial charge in [0.25, 0.3) is 0 Å². The van der Waals surface area contributed by atoms with Crippen LogP contribution in [0.3, 0.4) is 0 Å². The van der Waals surface area contributed by atoms with Crippen LogP contribution < -0.4 is 5.32 Å². The number of carbonyl (C=O) groups excluding carboxylic acids is 3. The molecule has 0 aliphatic carbocycles. The van der Waals surface area contributed by atoms with Crippen LogP contribution in [0.1, 0.15) is 22.3 Å². The maximum absolute atomic E-state index is 12.3. The van der Waals surface area contributed by atoms with E-state index in [9.17, 15) is 14.4 Å². The van der Waals surface area contributed by atoms with Gasteiger partial charge in [-0.05, 0) is 30.2 Å². The van der Waals surface area contributed by atoms with Gasteiger partial charge in [-0.2, -0.15) is 0 Å². The number of ether oxygens (including phenoxy) is 2. The molecule has 2 aromatic rings. The fraction of sp³-hybridized carbons (Fsp3) is 0.348. The summed E-state index contributed by atoms with van der Waals surface area (Å²) in [7, 11) is -1.31. The van der Waals surface area contributed by atoms with E-state index in [0.29, 0.717) is 13.0 Å². The molecule has 0 heterocycles. The molecule has 0 aromatic heterocycles. The average molecular weight is 428 g/mol. The largest absolute Gasteiger partial charge is 0.466 e. The average Bonchev–Trinajstić information content (AvgIpc) is 2.68. The molecule has 0 saturated carbocycles. The molecule has 0 radical (unpaired) electrons. The van der Waals surface area contributed by atoms with Crippen molar-refractivity contribution < 1.29 is 23.9 Å². The summed E-state index contributed by atoms with van der Waals surface area (Å²) in [4.78, 5) is 36.6. The first kappa shape index (κ1) is 23.3. The van der Waals surface area contributed by atoms with Gasteiger partial charge in [0.05, 0.1) is 18.6 Å². The van der Waals surface area contributed by atoms with Gasteiger partial charge in [-0.1, -0.05) is 68.2 Å². The van der Waals surface area contributed by atoms with E-state index in [0.717, 1.165) is 11.6 Å². The summed E-state index contributed by atoms with van der Waals surface area (Å²) in [6.45, 7) is 7.00. The first-order chi connectivity index (χ1) is 14.2. The highest BCUT2D eigenvalue weighted by Crippen LogP contribution is 2.11. The molecule has 0 bridgehead atoms. The molecule has 1 atom stereocenters. The maximum atomic E-state index is 12.3. The lowest BCUT2D eigenvalue weighted by molar-refractivity contribution is -0.143. The minimum absolute atomic E-state index is 0.00474. The second-order valence-electron chi connectivity index (χ2n) is 8.31. The lowest BCUT2D eigenvalue weighted by atomic mass is 10.0. The summed E-state index contributed by atoms with van der Waals surface area (Å²) >= 11 is 0. The van der Waals surface area contributed by atoms with Crippen LogP contribution in [0.15, 0.2) is 60.7 Å². The van der Waals surface area contributed by atoms with E-state index in [2.05, 4.69) is 25.0 Å². The van der Waals surface area contributed by atoms with Gasteiger partial charge in [0, 0.05) is 14.1 Å². The van der Waals surface area contributed by atoms with Gasteiger partial charge >= 0.3 is 18.0 Å². The molecule has 6 nitrogen and oxygen atoms in total. The molecule has 0 unspecified atom stereocenters. The Morgan fingerprint density at radius 1 is 0.933 bits per heavy atom. The van der Waals surface area contributed by atoms with Gasteiger partial charge < -0.3 is 14.8 Å². The first-order valence-electron chi connectivity index (χ1n) is 10.0. The Balaban J connectivity index is 1.95. The van der Waals surface area contributed by atoms with E-state index in [1.165, 1.54) is 0 Å². The summed E-state index contributed by atoms with van der Waals surface area (Å²) in [5.41, 5.74) is 1.23. The molecular formula is C23H29NO5Si. The third-order valence-corrected chi connectivity index (χ3v) is 6.07. The van der Waals surface area contributed by atoms with Crippen LogP contribution in [-0.2, 0) is 20.7 Å². The second kappa shape index (κ2) is 11.3. The lowest BCUT2D eigenvalue weighted by Gasteiger charge is -2.19. The molecule has 0 aliphatic heterocycles. The van der Waals surface area contributed by atoms with Crippen LogP contribution in [0.25, 0.3) is 0 Å². The third kappa shape index (κ3) is 9.04. The first-order valence-corrected chi connectivity index (χ1v) is 13.7. The Labute approximate surface area is 178 Å². The predicted octanol–water partition coefficient (Wildman–Crippen LogP) is 4.44. The Hall–Kier alpha value is -2.93. The van der Waals surface area contributed by atoms with Crippen LogP contribution in [-0.4, -0.2) is 38.8 Å². The topological polar surface area (TPSA) is 81.7 Å². The smallest absolute Gasteiger partial charge is 0.415 e. The molecule has 0 spiro atoms. The number of hydrogen-bond acceptors (Lipinski definition) is 5. The van der Waals surface area contributed by atoms with Crippen LogP contribution >= 0.6 is 0 Å². The number of esters is 2. The van der Waals surface area contributed by atoms with E-state index in [1.807, 2.05) is 30.3 Å². The van der Waals surface area contributed by atoms with Crippen LogP contribution in [0.4, 0.5) is 4.79 Å².